The summed E-state index contributed by atoms with van der Waals surface area (Å²) in [6.45, 7) is 1.09. The van der Waals surface area contributed by atoms with E-state index >= 15 is 0 Å². The number of fused-ring (bicyclic) bond motifs is 1. The molecule has 1 heterocycles. The lowest BCUT2D eigenvalue weighted by Crippen LogP contribution is -2.22. The van der Waals surface area contributed by atoms with Crippen LogP contribution in [0.4, 0.5) is 11.4 Å². The van der Waals surface area contributed by atoms with Crippen LogP contribution < -0.4 is 20.1 Å². The first-order chi connectivity index (χ1) is 11.1. The molecule has 23 heavy (non-hydrogen) atoms. The number of hydrogen-bond acceptors (Lipinski definition) is 4. The number of hydrogen-bond donors (Lipinski definition) is 2. The molecule has 120 valence electrons. The van der Waals surface area contributed by atoms with Gasteiger partial charge < -0.3 is 20.1 Å². The summed E-state index contributed by atoms with van der Waals surface area (Å²) in [4.78, 5) is 12.0. The number of carbonyl (C=O) groups excluding carboxylic acids is 1. The Morgan fingerprint density at radius 2 is 1.87 bits per heavy atom. The minimum Gasteiger partial charge on any atom is -0.486 e. The fourth-order valence-corrected chi connectivity index (χ4v) is 2.51. The van der Waals surface area contributed by atoms with Gasteiger partial charge >= 0.3 is 0 Å². The Balaban J connectivity index is 1.60. The first-order valence-electron chi connectivity index (χ1n) is 7.01. The lowest BCUT2D eigenvalue weighted by atomic mass is 10.2. The number of anilines is 2. The van der Waals surface area contributed by atoms with Crippen LogP contribution in [0.1, 0.15) is 0 Å². The van der Waals surface area contributed by atoms with Gasteiger partial charge in [0.1, 0.15) is 13.2 Å². The van der Waals surface area contributed by atoms with E-state index in [1.54, 1.807) is 36.4 Å². The van der Waals surface area contributed by atoms with Gasteiger partial charge in [-0.2, -0.15) is 0 Å². The van der Waals surface area contributed by atoms with E-state index in [9.17, 15) is 4.79 Å². The van der Waals surface area contributed by atoms with Crippen LogP contribution in [0.15, 0.2) is 36.4 Å². The highest BCUT2D eigenvalue weighted by atomic mass is 35.5. The molecule has 1 aliphatic heterocycles. The summed E-state index contributed by atoms with van der Waals surface area (Å²) in [6, 6.07) is 10.5. The van der Waals surface area contributed by atoms with Crippen LogP contribution in [0.25, 0.3) is 0 Å². The molecular weight excluding hydrogens is 339 g/mol. The van der Waals surface area contributed by atoms with Gasteiger partial charge in [0.25, 0.3) is 0 Å². The molecule has 0 fully saturated rings. The number of halogens is 2. The van der Waals surface area contributed by atoms with E-state index in [-0.39, 0.29) is 12.5 Å². The van der Waals surface area contributed by atoms with E-state index in [4.69, 9.17) is 32.7 Å². The Hall–Kier alpha value is -2.11. The highest BCUT2D eigenvalue weighted by Crippen LogP contribution is 2.32. The topological polar surface area (TPSA) is 59.6 Å². The van der Waals surface area contributed by atoms with Crippen LogP contribution in [0.5, 0.6) is 11.5 Å². The van der Waals surface area contributed by atoms with Crippen molar-refractivity contribution in [1.29, 1.82) is 0 Å². The smallest absolute Gasteiger partial charge is 0.243 e. The lowest BCUT2D eigenvalue weighted by Gasteiger charge is -2.19. The Kier molecular flexibility index (Phi) is 4.79. The summed E-state index contributed by atoms with van der Waals surface area (Å²) in [7, 11) is 0. The first-order valence-corrected chi connectivity index (χ1v) is 7.76. The molecule has 0 bridgehead atoms. The van der Waals surface area contributed by atoms with Crippen molar-refractivity contribution in [3.8, 4) is 11.5 Å². The Morgan fingerprint density at radius 1 is 1.09 bits per heavy atom. The van der Waals surface area contributed by atoms with Gasteiger partial charge in [-0.25, -0.2) is 0 Å². The molecule has 7 heteroatoms. The van der Waals surface area contributed by atoms with Crippen LogP contribution in [0.3, 0.4) is 0 Å². The van der Waals surface area contributed by atoms with Crippen molar-refractivity contribution in [3.63, 3.8) is 0 Å². The molecule has 2 aromatic rings. The van der Waals surface area contributed by atoms with Crippen molar-refractivity contribution >= 4 is 40.5 Å². The average molecular weight is 353 g/mol. The van der Waals surface area contributed by atoms with E-state index in [1.165, 1.54) is 0 Å². The predicted octanol–water partition coefficient (Wildman–Crippen LogP) is 3.82. The first kappa shape index (κ1) is 15.8. The molecule has 0 aliphatic carbocycles. The normalized spacial score (nSPS) is 12.6. The van der Waals surface area contributed by atoms with Gasteiger partial charge in [-0.3, -0.25) is 4.79 Å². The molecule has 1 aliphatic rings. The third kappa shape index (κ3) is 3.81. The molecule has 0 spiro atoms. The monoisotopic (exact) mass is 352 g/mol. The molecule has 3 rings (SSSR count). The summed E-state index contributed by atoms with van der Waals surface area (Å²) < 4.78 is 10.9. The van der Waals surface area contributed by atoms with E-state index < -0.39 is 0 Å². The van der Waals surface area contributed by atoms with Gasteiger partial charge in [0.15, 0.2) is 11.5 Å². The van der Waals surface area contributed by atoms with Gasteiger partial charge in [-0.05, 0) is 24.3 Å². The van der Waals surface area contributed by atoms with Crippen LogP contribution in [-0.4, -0.2) is 25.7 Å². The minimum absolute atomic E-state index is 0.0640. The molecular formula is C16H14Cl2N2O3. The second kappa shape index (κ2) is 6.98. The summed E-state index contributed by atoms with van der Waals surface area (Å²) in [5.41, 5.74) is 1.25. The SMILES string of the molecule is O=C(CNc1cccc(Cl)c1Cl)Nc1ccc2c(c1)OCCO2. The molecule has 0 saturated carbocycles. The van der Waals surface area contributed by atoms with Crippen LogP contribution in [-0.2, 0) is 4.79 Å². The van der Waals surface area contributed by atoms with Gasteiger partial charge in [0, 0.05) is 11.8 Å². The van der Waals surface area contributed by atoms with Crippen LogP contribution in [0.2, 0.25) is 10.0 Å². The predicted molar refractivity (Wildman–Crippen MR) is 91.0 cm³/mol. The van der Waals surface area contributed by atoms with E-state index in [0.29, 0.717) is 46.1 Å². The second-order valence-electron chi connectivity index (χ2n) is 4.86. The number of carbonyl (C=O) groups is 1. The highest BCUT2D eigenvalue weighted by molar-refractivity contribution is 6.43. The van der Waals surface area contributed by atoms with E-state index in [1.807, 2.05) is 0 Å². The Bertz CT molecular complexity index is 737. The number of rotatable bonds is 4. The zero-order valence-electron chi connectivity index (χ0n) is 12.1. The van der Waals surface area contributed by atoms with Crippen LogP contribution in [0, 0.1) is 0 Å². The fourth-order valence-electron chi connectivity index (χ4n) is 2.14. The molecule has 5 nitrogen and oxygen atoms in total. The molecule has 0 aromatic heterocycles. The van der Waals surface area contributed by atoms with Crippen molar-refractivity contribution in [2.75, 3.05) is 30.4 Å². The van der Waals surface area contributed by atoms with Crippen molar-refractivity contribution in [2.45, 2.75) is 0 Å². The molecule has 2 aromatic carbocycles. The maximum Gasteiger partial charge on any atom is 0.243 e. The molecule has 0 atom stereocenters. The summed E-state index contributed by atoms with van der Waals surface area (Å²) in [6.07, 6.45) is 0. The zero-order valence-corrected chi connectivity index (χ0v) is 13.6. The molecule has 0 unspecified atom stereocenters. The fraction of sp³-hybridized carbons (Fsp3) is 0.188. The Morgan fingerprint density at radius 3 is 2.70 bits per heavy atom. The lowest BCUT2D eigenvalue weighted by molar-refractivity contribution is -0.114. The largest absolute Gasteiger partial charge is 0.486 e. The quantitative estimate of drug-likeness (QED) is 0.878. The maximum absolute atomic E-state index is 12.0. The minimum atomic E-state index is -0.210. The number of amides is 1. The van der Waals surface area contributed by atoms with E-state index in [2.05, 4.69) is 10.6 Å². The molecule has 0 saturated heterocycles. The average Bonchev–Trinajstić information content (AvgIpc) is 2.56. The van der Waals surface area contributed by atoms with Crippen LogP contribution >= 0.6 is 23.2 Å². The Labute approximate surface area is 143 Å². The van der Waals surface area contributed by atoms with Gasteiger partial charge in [-0.15, -0.1) is 0 Å². The third-order valence-electron chi connectivity index (χ3n) is 3.22. The highest BCUT2D eigenvalue weighted by Gasteiger charge is 2.13. The summed E-state index contributed by atoms with van der Waals surface area (Å²) in [5.74, 6) is 1.09. The molecule has 0 radical (unpaired) electrons. The summed E-state index contributed by atoms with van der Waals surface area (Å²) >= 11 is 12.0. The number of nitrogens with one attached hydrogen (secondary N) is 2. The molecule has 2 N–H and O–H groups in total. The third-order valence-corrected chi connectivity index (χ3v) is 4.04. The van der Waals surface area contributed by atoms with Crippen molar-refractivity contribution < 1.29 is 14.3 Å². The van der Waals surface area contributed by atoms with Gasteiger partial charge in [-0.1, -0.05) is 29.3 Å². The number of ether oxygens (including phenoxy) is 2. The second-order valence-corrected chi connectivity index (χ2v) is 5.65. The van der Waals surface area contributed by atoms with Crippen molar-refractivity contribution in [2.24, 2.45) is 0 Å². The summed E-state index contributed by atoms with van der Waals surface area (Å²) in [5, 5.41) is 6.56. The van der Waals surface area contributed by atoms with Gasteiger partial charge in [0.05, 0.1) is 22.3 Å². The van der Waals surface area contributed by atoms with Gasteiger partial charge in [0.2, 0.25) is 5.91 Å². The molecule has 1 amide bonds. The zero-order chi connectivity index (χ0) is 16.2. The van der Waals surface area contributed by atoms with E-state index in [0.717, 1.165) is 0 Å². The maximum atomic E-state index is 12.0. The number of benzene rings is 2. The van der Waals surface area contributed by atoms with Crippen molar-refractivity contribution in [3.05, 3.63) is 46.4 Å². The van der Waals surface area contributed by atoms with Crippen molar-refractivity contribution in [1.82, 2.24) is 0 Å². The standard InChI is InChI=1S/C16H14Cl2N2O3/c17-11-2-1-3-12(16(11)18)19-9-15(21)20-10-4-5-13-14(8-10)23-7-6-22-13/h1-5,8,19H,6-7,9H2,(H,20,21).